The molecule has 0 spiro atoms. The molecule has 11 nitrogen and oxygen atoms in total. The third-order valence-corrected chi connectivity index (χ3v) is 3.89. The lowest BCUT2D eigenvalue weighted by atomic mass is 10.1. The molecule has 0 N–H and O–H groups in total. The van der Waals surface area contributed by atoms with Crippen LogP contribution in [0, 0.1) is 30.3 Å². The van der Waals surface area contributed by atoms with E-state index in [1.165, 1.54) is 0 Å². The van der Waals surface area contributed by atoms with E-state index in [1.54, 1.807) is 0 Å². The van der Waals surface area contributed by atoms with Gasteiger partial charge in [0.2, 0.25) is 6.41 Å². The number of nitro benzene ring substituents is 3. The van der Waals surface area contributed by atoms with Crippen molar-refractivity contribution in [1.29, 1.82) is 0 Å². The standard InChI is InChI=1S/C15H6F6N4O7/c16-14(17,18)7-1-2-10(11(3-7)24(29)30)22(6-26)13-9(15(19,20)21)4-8(23(27)28)5-12(13)25(31)32/h1-6H. The number of halogens is 6. The first-order chi connectivity index (χ1) is 14.6. The van der Waals surface area contributed by atoms with Gasteiger partial charge in [0.1, 0.15) is 11.4 Å². The fraction of sp³-hybridized carbons (Fsp3) is 0.133. The average Bonchev–Trinajstić information content (AvgIpc) is 2.66. The van der Waals surface area contributed by atoms with Crippen LogP contribution in [0.15, 0.2) is 30.3 Å². The van der Waals surface area contributed by atoms with Gasteiger partial charge in [0.15, 0.2) is 0 Å². The van der Waals surface area contributed by atoms with Crippen molar-refractivity contribution in [3.8, 4) is 0 Å². The largest absolute Gasteiger partial charge is 0.418 e. The number of anilines is 2. The number of carbonyl (C=O) groups excluding carboxylic acids is 1. The number of nitrogens with zero attached hydrogens (tertiary/aromatic N) is 4. The van der Waals surface area contributed by atoms with E-state index in [-0.39, 0.29) is 35.2 Å². The van der Waals surface area contributed by atoms with Gasteiger partial charge in [0.05, 0.1) is 32.0 Å². The third kappa shape index (κ3) is 4.55. The highest BCUT2D eigenvalue weighted by molar-refractivity contribution is 5.95. The Morgan fingerprint density at radius 3 is 1.75 bits per heavy atom. The number of benzene rings is 2. The van der Waals surface area contributed by atoms with Crippen molar-refractivity contribution in [1.82, 2.24) is 0 Å². The Kier molecular flexibility index (Phi) is 6.05. The summed E-state index contributed by atoms with van der Waals surface area (Å²) in [5.41, 5.74) is -11.1. The molecule has 0 saturated carbocycles. The van der Waals surface area contributed by atoms with Crippen LogP contribution in [0.25, 0.3) is 0 Å². The normalized spacial score (nSPS) is 11.7. The molecule has 17 heteroatoms. The summed E-state index contributed by atoms with van der Waals surface area (Å²) in [6, 6.07) is 0.284. The molecule has 1 amide bonds. The van der Waals surface area contributed by atoms with Gasteiger partial charge in [0.25, 0.3) is 11.4 Å². The highest BCUT2D eigenvalue weighted by Gasteiger charge is 2.43. The van der Waals surface area contributed by atoms with Crippen molar-refractivity contribution in [2.24, 2.45) is 0 Å². The number of carbonyl (C=O) groups is 1. The predicted octanol–water partition coefficient (Wildman–Crippen LogP) is 4.74. The molecule has 0 fully saturated rings. The van der Waals surface area contributed by atoms with Crippen molar-refractivity contribution >= 4 is 34.8 Å². The fourth-order valence-corrected chi connectivity index (χ4v) is 2.60. The van der Waals surface area contributed by atoms with Crippen LogP contribution >= 0.6 is 0 Å². The van der Waals surface area contributed by atoms with E-state index < -0.39 is 73.1 Å². The molecule has 2 aromatic rings. The second-order valence-electron chi connectivity index (χ2n) is 5.81. The van der Waals surface area contributed by atoms with Crippen LogP contribution in [0.4, 0.5) is 54.8 Å². The summed E-state index contributed by atoms with van der Waals surface area (Å²) in [6.45, 7) is 0. The van der Waals surface area contributed by atoms with Crippen molar-refractivity contribution in [3.63, 3.8) is 0 Å². The Balaban J connectivity index is 2.97. The minimum atomic E-state index is -5.55. The van der Waals surface area contributed by atoms with Crippen LogP contribution in [-0.4, -0.2) is 21.2 Å². The third-order valence-electron chi connectivity index (χ3n) is 3.89. The minimum Gasteiger partial charge on any atom is -0.278 e. The quantitative estimate of drug-likeness (QED) is 0.257. The smallest absolute Gasteiger partial charge is 0.278 e. The molecule has 0 aliphatic rings. The number of hydrogen-bond acceptors (Lipinski definition) is 7. The Morgan fingerprint density at radius 2 is 1.34 bits per heavy atom. The maximum Gasteiger partial charge on any atom is 0.418 e. The maximum absolute atomic E-state index is 13.6. The Bertz CT molecular complexity index is 1130. The Hall–Kier alpha value is -4.31. The van der Waals surface area contributed by atoms with Crippen molar-refractivity contribution in [2.45, 2.75) is 12.4 Å². The molecule has 0 aliphatic heterocycles. The number of nitro groups is 3. The highest BCUT2D eigenvalue weighted by Crippen LogP contribution is 2.48. The molecular formula is C15H6F6N4O7. The molecule has 2 aromatic carbocycles. The van der Waals surface area contributed by atoms with Crippen LogP contribution in [0.1, 0.15) is 11.1 Å². The van der Waals surface area contributed by atoms with Crippen LogP contribution < -0.4 is 4.90 Å². The molecular weight excluding hydrogens is 462 g/mol. The van der Waals surface area contributed by atoms with Gasteiger partial charge >= 0.3 is 18.0 Å². The average molecular weight is 468 g/mol. The first kappa shape index (κ1) is 24.0. The molecule has 0 saturated heterocycles. The summed E-state index contributed by atoms with van der Waals surface area (Å²) in [6.07, 6.45) is -11.2. The van der Waals surface area contributed by atoms with E-state index in [9.17, 15) is 61.5 Å². The zero-order valence-corrected chi connectivity index (χ0v) is 14.9. The zero-order valence-electron chi connectivity index (χ0n) is 14.9. The van der Waals surface area contributed by atoms with Crippen LogP contribution in [0.2, 0.25) is 0 Å². The van der Waals surface area contributed by atoms with Gasteiger partial charge in [-0.25, -0.2) is 0 Å². The van der Waals surface area contributed by atoms with E-state index in [0.717, 1.165) is 0 Å². The number of hydrogen-bond donors (Lipinski definition) is 0. The summed E-state index contributed by atoms with van der Waals surface area (Å²) in [5.74, 6) is 0. The first-order valence-electron chi connectivity index (χ1n) is 7.73. The molecule has 0 radical (unpaired) electrons. The molecule has 0 atom stereocenters. The summed E-state index contributed by atoms with van der Waals surface area (Å²) in [4.78, 5) is 40.4. The lowest BCUT2D eigenvalue weighted by Gasteiger charge is -2.22. The fourth-order valence-electron chi connectivity index (χ4n) is 2.60. The zero-order chi connectivity index (χ0) is 24.6. The first-order valence-corrected chi connectivity index (χ1v) is 7.73. The van der Waals surface area contributed by atoms with Crippen LogP contribution in [0.5, 0.6) is 0 Å². The Morgan fingerprint density at radius 1 is 0.781 bits per heavy atom. The number of amides is 1. The maximum atomic E-state index is 13.6. The highest BCUT2D eigenvalue weighted by atomic mass is 19.4. The molecule has 2 rings (SSSR count). The summed E-state index contributed by atoms with van der Waals surface area (Å²) < 4.78 is 79.3. The monoisotopic (exact) mass is 468 g/mol. The van der Waals surface area contributed by atoms with Gasteiger partial charge in [-0.05, 0) is 12.1 Å². The van der Waals surface area contributed by atoms with Crippen molar-refractivity contribution < 1.29 is 45.9 Å². The minimum absolute atomic E-state index is 0.0665. The lowest BCUT2D eigenvalue weighted by Crippen LogP contribution is -2.22. The van der Waals surface area contributed by atoms with E-state index in [4.69, 9.17) is 0 Å². The molecule has 0 heterocycles. The second kappa shape index (κ2) is 8.08. The molecule has 32 heavy (non-hydrogen) atoms. The van der Waals surface area contributed by atoms with Gasteiger partial charge < -0.3 is 0 Å². The van der Waals surface area contributed by atoms with E-state index in [2.05, 4.69) is 0 Å². The second-order valence-corrected chi connectivity index (χ2v) is 5.81. The summed E-state index contributed by atoms with van der Waals surface area (Å²) in [7, 11) is 0. The summed E-state index contributed by atoms with van der Waals surface area (Å²) in [5, 5.41) is 33.5. The molecule has 0 unspecified atom stereocenters. The number of non-ortho nitro benzene ring substituents is 1. The summed E-state index contributed by atoms with van der Waals surface area (Å²) >= 11 is 0. The van der Waals surface area contributed by atoms with Gasteiger partial charge in [-0.3, -0.25) is 40.0 Å². The van der Waals surface area contributed by atoms with Gasteiger partial charge in [-0.1, -0.05) is 0 Å². The lowest BCUT2D eigenvalue weighted by molar-refractivity contribution is -0.394. The molecule has 0 aliphatic carbocycles. The number of alkyl halides is 6. The van der Waals surface area contributed by atoms with E-state index in [1.807, 2.05) is 0 Å². The Labute approximate surface area is 170 Å². The van der Waals surface area contributed by atoms with E-state index in [0.29, 0.717) is 0 Å². The predicted molar refractivity (Wildman–Crippen MR) is 91.1 cm³/mol. The van der Waals surface area contributed by atoms with Crippen LogP contribution in [-0.2, 0) is 17.1 Å². The van der Waals surface area contributed by atoms with Gasteiger partial charge in [0, 0.05) is 12.1 Å². The van der Waals surface area contributed by atoms with Crippen molar-refractivity contribution in [3.05, 3.63) is 71.8 Å². The SMILES string of the molecule is O=CN(c1ccc(C(F)(F)F)cc1[N+](=O)[O-])c1c([N+](=O)[O-])cc([N+](=O)[O-])cc1C(F)(F)F. The molecule has 0 bridgehead atoms. The van der Waals surface area contributed by atoms with Crippen molar-refractivity contribution in [2.75, 3.05) is 4.90 Å². The molecule has 170 valence electrons. The number of rotatable bonds is 6. The van der Waals surface area contributed by atoms with Gasteiger partial charge in [-0.2, -0.15) is 26.3 Å². The molecule has 0 aromatic heterocycles. The van der Waals surface area contributed by atoms with Crippen LogP contribution in [0.3, 0.4) is 0 Å². The van der Waals surface area contributed by atoms with E-state index >= 15 is 0 Å². The topological polar surface area (TPSA) is 150 Å². The van der Waals surface area contributed by atoms with Gasteiger partial charge in [-0.15, -0.1) is 0 Å².